The lowest BCUT2D eigenvalue weighted by molar-refractivity contribution is -0.132. The van der Waals surface area contributed by atoms with E-state index in [0.717, 1.165) is 25.7 Å². The van der Waals surface area contributed by atoms with Crippen LogP contribution in [-0.4, -0.2) is 60.5 Å². The van der Waals surface area contributed by atoms with Crippen molar-refractivity contribution >= 4 is 5.91 Å². The van der Waals surface area contributed by atoms with Gasteiger partial charge in [-0.2, -0.15) is 0 Å². The lowest BCUT2D eigenvalue weighted by Crippen LogP contribution is -2.46. The SMILES string of the molecule is CC(C)NCCC(=O)N1CCC(N2CCCC2)CC1. The first kappa shape index (κ1) is 14.8. The Morgan fingerprint density at radius 2 is 1.79 bits per heavy atom. The Kier molecular flexibility index (Phi) is 5.64. The monoisotopic (exact) mass is 267 g/mol. The first-order chi connectivity index (χ1) is 9.16. The zero-order valence-electron chi connectivity index (χ0n) is 12.5. The predicted octanol–water partition coefficient (Wildman–Crippen LogP) is 1.46. The summed E-state index contributed by atoms with van der Waals surface area (Å²) in [6, 6.07) is 1.20. The van der Waals surface area contributed by atoms with Gasteiger partial charge in [-0.05, 0) is 38.8 Å². The van der Waals surface area contributed by atoms with Gasteiger partial charge in [0.25, 0.3) is 0 Å². The molecule has 110 valence electrons. The molecule has 0 aromatic heterocycles. The minimum Gasteiger partial charge on any atom is -0.343 e. The molecule has 0 atom stereocenters. The summed E-state index contributed by atoms with van der Waals surface area (Å²) in [5.74, 6) is 0.327. The molecule has 4 heteroatoms. The van der Waals surface area contributed by atoms with E-state index >= 15 is 0 Å². The third-order valence-corrected chi connectivity index (χ3v) is 4.37. The summed E-state index contributed by atoms with van der Waals surface area (Å²) in [5.41, 5.74) is 0. The molecule has 2 heterocycles. The van der Waals surface area contributed by atoms with Gasteiger partial charge in [-0.3, -0.25) is 4.79 Å². The zero-order valence-corrected chi connectivity index (χ0v) is 12.5. The van der Waals surface area contributed by atoms with Crippen LogP contribution in [0.15, 0.2) is 0 Å². The third kappa shape index (κ3) is 4.46. The minimum absolute atomic E-state index is 0.327. The van der Waals surface area contributed by atoms with E-state index in [1.165, 1.54) is 38.8 Å². The molecule has 0 bridgehead atoms. The molecule has 2 fully saturated rings. The summed E-state index contributed by atoms with van der Waals surface area (Å²) in [4.78, 5) is 16.8. The van der Waals surface area contributed by atoms with Gasteiger partial charge in [-0.15, -0.1) is 0 Å². The Morgan fingerprint density at radius 1 is 1.16 bits per heavy atom. The van der Waals surface area contributed by atoms with Crippen LogP contribution in [0, 0.1) is 0 Å². The maximum Gasteiger partial charge on any atom is 0.223 e. The highest BCUT2D eigenvalue weighted by molar-refractivity contribution is 5.76. The van der Waals surface area contributed by atoms with Crippen LogP contribution in [0.1, 0.15) is 46.0 Å². The van der Waals surface area contributed by atoms with Crippen LogP contribution in [0.25, 0.3) is 0 Å². The number of hydrogen-bond acceptors (Lipinski definition) is 3. The van der Waals surface area contributed by atoms with Crippen molar-refractivity contribution in [2.75, 3.05) is 32.7 Å². The first-order valence-electron chi connectivity index (χ1n) is 7.92. The van der Waals surface area contributed by atoms with Crippen LogP contribution in [-0.2, 0) is 4.79 Å². The van der Waals surface area contributed by atoms with E-state index in [-0.39, 0.29) is 0 Å². The molecule has 0 saturated carbocycles. The van der Waals surface area contributed by atoms with Gasteiger partial charge in [0.05, 0.1) is 0 Å². The summed E-state index contributed by atoms with van der Waals surface area (Å²) in [7, 11) is 0. The first-order valence-corrected chi connectivity index (χ1v) is 7.92. The maximum absolute atomic E-state index is 12.1. The van der Waals surface area contributed by atoms with Crippen molar-refractivity contribution < 1.29 is 4.79 Å². The number of hydrogen-bond donors (Lipinski definition) is 1. The van der Waals surface area contributed by atoms with E-state index in [0.29, 0.717) is 18.4 Å². The van der Waals surface area contributed by atoms with E-state index < -0.39 is 0 Å². The van der Waals surface area contributed by atoms with E-state index in [4.69, 9.17) is 0 Å². The van der Waals surface area contributed by atoms with Crippen molar-refractivity contribution in [2.24, 2.45) is 0 Å². The molecule has 0 radical (unpaired) electrons. The van der Waals surface area contributed by atoms with E-state index in [9.17, 15) is 4.79 Å². The standard InChI is InChI=1S/C15H29N3O/c1-13(2)16-8-5-15(19)18-11-6-14(7-12-18)17-9-3-4-10-17/h13-14,16H,3-12H2,1-2H3. The van der Waals surface area contributed by atoms with Gasteiger partial charge in [-0.25, -0.2) is 0 Å². The summed E-state index contributed by atoms with van der Waals surface area (Å²) in [6.45, 7) is 9.51. The summed E-state index contributed by atoms with van der Waals surface area (Å²) >= 11 is 0. The molecule has 4 nitrogen and oxygen atoms in total. The van der Waals surface area contributed by atoms with Gasteiger partial charge in [-0.1, -0.05) is 13.8 Å². The molecule has 2 rings (SSSR count). The number of amides is 1. The Morgan fingerprint density at radius 3 is 2.37 bits per heavy atom. The van der Waals surface area contributed by atoms with Gasteiger partial charge in [0, 0.05) is 38.1 Å². The highest BCUT2D eigenvalue weighted by Gasteiger charge is 2.27. The van der Waals surface area contributed by atoms with Crippen LogP contribution in [0.3, 0.4) is 0 Å². The van der Waals surface area contributed by atoms with Crippen LogP contribution in [0.2, 0.25) is 0 Å². The van der Waals surface area contributed by atoms with Gasteiger partial charge >= 0.3 is 0 Å². The van der Waals surface area contributed by atoms with Crippen molar-refractivity contribution in [1.29, 1.82) is 0 Å². The summed E-state index contributed by atoms with van der Waals surface area (Å²) < 4.78 is 0. The molecule has 2 aliphatic rings. The average molecular weight is 267 g/mol. The van der Waals surface area contributed by atoms with Crippen molar-refractivity contribution in [2.45, 2.75) is 58.0 Å². The second-order valence-electron chi connectivity index (χ2n) is 6.21. The molecule has 0 aliphatic carbocycles. The normalized spacial score (nSPS) is 22.4. The molecular formula is C15H29N3O. The smallest absolute Gasteiger partial charge is 0.223 e. The summed E-state index contributed by atoms with van der Waals surface area (Å²) in [5, 5.41) is 3.31. The zero-order chi connectivity index (χ0) is 13.7. The molecule has 0 aromatic carbocycles. The number of carbonyl (C=O) groups excluding carboxylic acids is 1. The molecule has 2 aliphatic heterocycles. The molecule has 19 heavy (non-hydrogen) atoms. The second-order valence-corrected chi connectivity index (χ2v) is 6.21. The molecule has 0 spiro atoms. The van der Waals surface area contributed by atoms with Crippen molar-refractivity contribution in [1.82, 2.24) is 15.1 Å². The largest absolute Gasteiger partial charge is 0.343 e. The second kappa shape index (κ2) is 7.25. The lowest BCUT2D eigenvalue weighted by atomic mass is 10.0. The highest BCUT2D eigenvalue weighted by atomic mass is 16.2. The Labute approximate surface area is 117 Å². The minimum atomic E-state index is 0.327. The topological polar surface area (TPSA) is 35.6 Å². The molecule has 0 unspecified atom stereocenters. The van der Waals surface area contributed by atoms with Crippen molar-refractivity contribution in [3.05, 3.63) is 0 Å². The number of carbonyl (C=O) groups is 1. The molecule has 0 aromatic rings. The highest BCUT2D eigenvalue weighted by Crippen LogP contribution is 2.21. The maximum atomic E-state index is 12.1. The molecular weight excluding hydrogens is 238 g/mol. The fraction of sp³-hybridized carbons (Fsp3) is 0.933. The van der Waals surface area contributed by atoms with Crippen molar-refractivity contribution in [3.63, 3.8) is 0 Å². The molecule has 2 saturated heterocycles. The lowest BCUT2D eigenvalue weighted by Gasteiger charge is -2.36. The molecule has 1 amide bonds. The average Bonchev–Trinajstić information content (AvgIpc) is 2.92. The Hall–Kier alpha value is -0.610. The van der Waals surface area contributed by atoms with Gasteiger partial charge in [0.2, 0.25) is 5.91 Å². The number of rotatable bonds is 5. The van der Waals surface area contributed by atoms with E-state index in [1.807, 2.05) is 0 Å². The van der Waals surface area contributed by atoms with Crippen LogP contribution in [0.4, 0.5) is 0 Å². The summed E-state index contributed by atoms with van der Waals surface area (Å²) in [6.07, 6.45) is 5.71. The van der Waals surface area contributed by atoms with Gasteiger partial charge in [0.15, 0.2) is 0 Å². The van der Waals surface area contributed by atoms with Crippen LogP contribution in [0.5, 0.6) is 0 Å². The Balaban J connectivity index is 1.66. The third-order valence-electron chi connectivity index (χ3n) is 4.37. The predicted molar refractivity (Wildman–Crippen MR) is 78.2 cm³/mol. The van der Waals surface area contributed by atoms with Crippen LogP contribution >= 0.6 is 0 Å². The van der Waals surface area contributed by atoms with Gasteiger partial charge < -0.3 is 15.1 Å². The van der Waals surface area contributed by atoms with E-state index in [1.54, 1.807) is 0 Å². The van der Waals surface area contributed by atoms with Crippen molar-refractivity contribution in [3.8, 4) is 0 Å². The molecule has 1 N–H and O–H groups in total. The number of nitrogens with one attached hydrogen (secondary N) is 1. The fourth-order valence-electron chi connectivity index (χ4n) is 3.21. The number of nitrogens with zero attached hydrogens (tertiary/aromatic N) is 2. The van der Waals surface area contributed by atoms with Crippen LogP contribution < -0.4 is 5.32 Å². The number of piperidine rings is 1. The number of likely N-dealkylation sites (tertiary alicyclic amines) is 2. The quantitative estimate of drug-likeness (QED) is 0.819. The Bertz CT molecular complexity index is 279. The fourth-order valence-corrected chi connectivity index (χ4v) is 3.21. The van der Waals surface area contributed by atoms with Gasteiger partial charge in [0.1, 0.15) is 0 Å². The van der Waals surface area contributed by atoms with E-state index in [2.05, 4.69) is 29.0 Å².